The van der Waals surface area contributed by atoms with Crippen molar-refractivity contribution >= 4 is 5.91 Å². The highest BCUT2D eigenvalue weighted by Gasteiger charge is 2.14. The minimum atomic E-state index is 0.0258. The molecule has 0 heterocycles. The van der Waals surface area contributed by atoms with E-state index < -0.39 is 0 Å². The number of rotatable bonds is 6. The molecule has 1 N–H and O–H groups in total. The standard InChI is InChI=1S/C10H19NO2/c1-4-5-6-10(13)11(7-8-12)9(2)3/h4,9,12H,1,5-8H2,2-3H3. The van der Waals surface area contributed by atoms with Crippen LogP contribution in [0, 0.1) is 0 Å². The Balaban J connectivity index is 4.03. The number of hydrogen-bond acceptors (Lipinski definition) is 2. The van der Waals surface area contributed by atoms with E-state index in [9.17, 15) is 4.79 Å². The highest BCUT2D eigenvalue weighted by atomic mass is 16.3. The van der Waals surface area contributed by atoms with Gasteiger partial charge in [0.05, 0.1) is 6.61 Å². The lowest BCUT2D eigenvalue weighted by atomic mass is 10.2. The smallest absolute Gasteiger partial charge is 0.223 e. The predicted octanol–water partition coefficient (Wildman–Crippen LogP) is 1.18. The molecule has 0 rings (SSSR count). The first-order chi connectivity index (χ1) is 6.13. The van der Waals surface area contributed by atoms with Crippen LogP contribution >= 0.6 is 0 Å². The minimum absolute atomic E-state index is 0.0258. The summed E-state index contributed by atoms with van der Waals surface area (Å²) in [5, 5.41) is 8.75. The fourth-order valence-electron chi connectivity index (χ4n) is 1.15. The molecule has 0 spiro atoms. The van der Waals surface area contributed by atoms with Crippen molar-refractivity contribution in [1.29, 1.82) is 0 Å². The van der Waals surface area contributed by atoms with Gasteiger partial charge in [-0.15, -0.1) is 6.58 Å². The van der Waals surface area contributed by atoms with Gasteiger partial charge in [-0.2, -0.15) is 0 Å². The van der Waals surface area contributed by atoms with Gasteiger partial charge in [-0.25, -0.2) is 0 Å². The van der Waals surface area contributed by atoms with Crippen molar-refractivity contribution in [3.05, 3.63) is 12.7 Å². The average molecular weight is 185 g/mol. The second-order valence-electron chi connectivity index (χ2n) is 3.23. The zero-order chi connectivity index (χ0) is 10.3. The van der Waals surface area contributed by atoms with Crippen molar-refractivity contribution < 1.29 is 9.90 Å². The predicted molar refractivity (Wildman–Crippen MR) is 53.4 cm³/mol. The van der Waals surface area contributed by atoms with Crippen molar-refractivity contribution in [1.82, 2.24) is 4.90 Å². The van der Waals surface area contributed by atoms with Gasteiger partial charge in [0.1, 0.15) is 0 Å². The fraction of sp³-hybridized carbons (Fsp3) is 0.700. The third-order valence-electron chi connectivity index (χ3n) is 1.85. The summed E-state index contributed by atoms with van der Waals surface area (Å²) in [6.07, 6.45) is 2.92. The van der Waals surface area contributed by atoms with Gasteiger partial charge in [0.2, 0.25) is 5.91 Å². The number of carbonyl (C=O) groups is 1. The molecule has 0 aliphatic carbocycles. The molecule has 0 atom stereocenters. The van der Waals surface area contributed by atoms with Crippen molar-refractivity contribution in [3.8, 4) is 0 Å². The molecule has 76 valence electrons. The van der Waals surface area contributed by atoms with Crippen LogP contribution in [0.15, 0.2) is 12.7 Å². The summed E-state index contributed by atoms with van der Waals surface area (Å²) in [6, 6.07) is 0.157. The number of allylic oxidation sites excluding steroid dienone is 1. The molecule has 0 unspecified atom stereocenters. The summed E-state index contributed by atoms with van der Waals surface area (Å²) < 4.78 is 0. The lowest BCUT2D eigenvalue weighted by molar-refractivity contribution is -0.133. The Morgan fingerprint density at radius 3 is 2.62 bits per heavy atom. The zero-order valence-corrected chi connectivity index (χ0v) is 8.49. The molecule has 0 aromatic heterocycles. The molecule has 3 nitrogen and oxygen atoms in total. The molecular weight excluding hydrogens is 166 g/mol. The van der Waals surface area contributed by atoms with E-state index in [0.717, 1.165) is 0 Å². The van der Waals surface area contributed by atoms with Gasteiger partial charge in [-0.1, -0.05) is 6.08 Å². The summed E-state index contributed by atoms with van der Waals surface area (Å²) in [7, 11) is 0. The maximum Gasteiger partial charge on any atom is 0.223 e. The fourth-order valence-corrected chi connectivity index (χ4v) is 1.15. The molecule has 0 aliphatic rings. The van der Waals surface area contributed by atoms with E-state index in [1.807, 2.05) is 13.8 Å². The first-order valence-electron chi connectivity index (χ1n) is 4.64. The molecule has 0 radical (unpaired) electrons. The van der Waals surface area contributed by atoms with Crippen LogP contribution in [0.5, 0.6) is 0 Å². The van der Waals surface area contributed by atoms with E-state index in [0.29, 0.717) is 19.4 Å². The largest absolute Gasteiger partial charge is 0.395 e. The third-order valence-corrected chi connectivity index (χ3v) is 1.85. The van der Waals surface area contributed by atoms with Gasteiger partial charge in [-0.3, -0.25) is 4.79 Å². The molecule has 0 bridgehead atoms. The highest BCUT2D eigenvalue weighted by Crippen LogP contribution is 2.03. The molecule has 3 heteroatoms. The van der Waals surface area contributed by atoms with Gasteiger partial charge in [0.25, 0.3) is 0 Å². The summed E-state index contributed by atoms with van der Waals surface area (Å²) in [5.74, 6) is 0.0870. The zero-order valence-electron chi connectivity index (χ0n) is 8.49. The van der Waals surface area contributed by atoms with Gasteiger partial charge >= 0.3 is 0 Å². The monoisotopic (exact) mass is 185 g/mol. The summed E-state index contributed by atoms with van der Waals surface area (Å²) in [4.78, 5) is 13.2. The molecule has 1 amide bonds. The van der Waals surface area contributed by atoms with Crippen LogP contribution in [-0.2, 0) is 4.79 Å². The van der Waals surface area contributed by atoms with Crippen molar-refractivity contribution in [3.63, 3.8) is 0 Å². The highest BCUT2D eigenvalue weighted by molar-refractivity contribution is 5.76. The Morgan fingerprint density at radius 1 is 1.62 bits per heavy atom. The van der Waals surface area contributed by atoms with Crippen molar-refractivity contribution in [2.45, 2.75) is 32.7 Å². The second kappa shape index (κ2) is 6.66. The quantitative estimate of drug-likeness (QED) is 0.631. The molecule has 0 fully saturated rings. The Morgan fingerprint density at radius 2 is 2.23 bits per heavy atom. The lowest BCUT2D eigenvalue weighted by Crippen LogP contribution is -2.38. The summed E-state index contributed by atoms with van der Waals surface area (Å²) in [6.45, 7) is 7.90. The van der Waals surface area contributed by atoms with Crippen LogP contribution in [0.25, 0.3) is 0 Å². The van der Waals surface area contributed by atoms with E-state index >= 15 is 0 Å². The van der Waals surface area contributed by atoms with Gasteiger partial charge < -0.3 is 10.0 Å². The molecular formula is C10H19NO2. The number of aliphatic hydroxyl groups is 1. The molecule has 0 aromatic rings. The maximum atomic E-state index is 11.5. The minimum Gasteiger partial charge on any atom is -0.395 e. The van der Waals surface area contributed by atoms with Crippen molar-refractivity contribution in [2.24, 2.45) is 0 Å². The number of nitrogens with zero attached hydrogens (tertiary/aromatic N) is 1. The normalized spacial score (nSPS) is 10.2. The number of hydrogen-bond donors (Lipinski definition) is 1. The second-order valence-corrected chi connectivity index (χ2v) is 3.23. The number of aliphatic hydroxyl groups excluding tert-OH is 1. The average Bonchev–Trinajstić information content (AvgIpc) is 2.09. The Labute approximate surface area is 80.0 Å². The summed E-state index contributed by atoms with van der Waals surface area (Å²) in [5.41, 5.74) is 0. The first kappa shape index (κ1) is 12.2. The SMILES string of the molecule is C=CCCC(=O)N(CCO)C(C)C. The molecule has 0 saturated heterocycles. The van der Waals surface area contributed by atoms with Crippen LogP contribution < -0.4 is 0 Å². The Bertz CT molecular complexity index is 166. The van der Waals surface area contributed by atoms with E-state index in [-0.39, 0.29) is 18.6 Å². The van der Waals surface area contributed by atoms with Crippen LogP contribution in [0.2, 0.25) is 0 Å². The molecule has 0 saturated carbocycles. The first-order valence-corrected chi connectivity index (χ1v) is 4.64. The van der Waals surface area contributed by atoms with Crippen molar-refractivity contribution in [2.75, 3.05) is 13.2 Å². The van der Waals surface area contributed by atoms with E-state index in [1.165, 1.54) is 0 Å². The maximum absolute atomic E-state index is 11.5. The molecule has 0 aliphatic heterocycles. The number of amides is 1. The van der Waals surface area contributed by atoms with Crippen LogP contribution in [0.4, 0.5) is 0 Å². The molecule has 13 heavy (non-hydrogen) atoms. The Kier molecular flexibility index (Phi) is 6.24. The molecule has 0 aromatic carbocycles. The lowest BCUT2D eigenvalue weighted by Gasteiger charge is -2.25. The third kappa shape index (κ3) is 4.68. The van der Waals surface area contributed by atoms with E-state index in [1.54, 1.807) is 11.0 Å². The topological polar surface area (TPSA) is 40.5 Å². The van der Waals surface area contributed by atoms with Gasteiger partial charge in [0, 0.05) is 19.0 Å². The Hall–Kier alpha value is -0.830. The van der Waals surface area contributed by atoms with Crippen LogP contribution in [0.3, 0.4) is 0 Å². The van der Waals surface area contributed by atoms with Gasteiger partial charge in [-0.05, 0) is 20.3 Å². The van der Waals surface area contributed by atoms with Crippen LogP contribution in [0.1, 0.15) is 26.7 Å². The summed E-state index contributed by atoms with van der Waals surface area (Å²) >= 11 is 0. The van der Waals surface area contributed by atoms with E-state index in [2.05, 4.69) is 6.58 Å². The van der Waals surface area contributed by atoms with E-state index in [4.69, 9.17) is 5.11 Å². The van der Waals surface area contributed by atoms with Crippen LogP contribution in [-0.4, -0.2) is 35.1 Å². The van der Waals surface area contributed by atoms with Gasteiger partial charge in [0.15, 0.2) is 0 Å². The number of carbonyl (C=O) groups excluding carboxylic acids is 1.